The Morgan fingerprint density at radius 1 is 1.75 bits per heavy atom. The van der Waals surface area contributed by atoms with Gasteiger partial charge in [0.25, 0.3) is 0 Å². The Morgan fingerprint density at radius 3 is 3.08 bits per heavy atom. The van der Waals surface area contributed by atoms with Crippen LogP contribution in [0.4, 0.5) is 0 Å². The molecule has 0 aliphatic heterocycles. The van der Waals surface area contributed by atoms with Crippen molar-refractivity contribution in [2.45, 2.75) is 6.04 Å². The monoisotopic (exact) mass is 163 g/mol. The summed E-state index contributed by atoms with van der Waals surface area (Å²) in [4.78, 5) is 3.91. The second-order valence-corrected chi connectivity index (χ2v) is 2.34. The van der Waals surface area contributed by atoms with Gasteiger partial charge in [-0.1, -0.05) is 0 Å². The van der Waals surface area contributed by atoms with Crippen LogP contribution in [0.15, 0.2) is 18.3 Å². The summed E-state index contributed by atoms with van der Waals surface area (Å²) in [6.07, 6.45) is 1.55. The largest absolute Gasteiger partial charge is 0.394 e. The molecule has 0 aliphatic carbocycles. The lowest BCUT2D eigenvalue weighted by molar-refractivity contribution is 0.265. The summed E-state index contributed by atoms with van der Waals surface area (Å²) in [6.45, 7) is -0.203. The van der Waals surface area contributed by atoms with Crippen molar-refractivity contribution in [2.75, 3.05) is 6.61 Å². The van der Waals surface area contributed by atoms with Crippen LogP contribution >= 0.6 is 0 Å². The molecule has 0 aromatic carbocycles. The molecule has 0 amide bonds. The molecule has 3 N–H and O–H groups in total. The average Bonchev–Trinajstić information content (AvgIpc) is 2.16. The average molecular weight is 163 g/mol. The van der Waals surface area contributed by atoms with Gasteiger partial charge in [-0.3, -0.25) is 4.98 Å². The van der Waals surface area contributed by atoms with E-state index in [1.54, 1.807) is 18.3 Å². The second-order valence-electron chi connectivity index (χ2n) is 2.34. The Morgan fingerprint density at radius 2 is 2.50 bits per heavy atom. The second kappa shape index (κ2) is 3.81. The first kappa shape index (κ1) is 8.65. The fourth-order valence-electron chi connectivity index (χ4n) is 0.894. The first-order valence-corrected chi connectivity index (χ1v) is 3.51. The number of nitrogens with zero attached hydrogens (tertiary/aromatic N) is 2. The van der Waals surface area contributed by atoms with Crippen molar-refractivity contribution in [1.29, 1.82) is 5.26 Å². The van der Waals surface area contributed by atoms with Crippen molar-refractivity contribution in [2.24, 2.45) is 5.73 Å². The molecule has 0 saturated heterocycles. The summed E-state index contributed by atoms with van der Waals surface area (Å²) in [5.74, 6) is 0. The Balaban J connectivity index is 3.07. The predicted molar refractivity (Wildman–Crippen MR) is 43.0 cm³/mol. The van der Waals surface area contributed by atoms with Gasteiger partial charge < -0.3 is 10.8 Å². The Kier molecular flexibility index (Phi) is 2.75. The summed E-state index contributed by atoms with van der Waals surface area (Å²) >= 11 is 0. The third-order valence-corrected chi connectivity index (χ3v) is 1.51. The lowest BCUT2D eigenvalue weighted by atomic mass is 10.1. The normalized spacial score (nSPS) is 12.1. The molecule has 1 atom stereocenters. The molecule has 0 unspecified atom stereocenters. The molecule has 4 heteroatoms. The number of aromatic nitrogens is 1. The quantitative estimate of drug-likeness (QED) is 0.640. The van der Waals surface area contributed by atoms with Gasteiger partial charge in [-0.2, -0.15) is 5.26 Å². The molecule has 1 rings (SSSR count). The van der Waals surface area contributed by atoms with Crippen molar-refractivity contribution in [3.63, 3.8) is 0 Å². The first-order valence-electron chi connectivity index (χ1n) is 3.51. The van der Waals surface area contributed by atoms with Crippen LogP contribution in [0, 0.1) is 11.3 Å². The smallest absolute Gasteiger partial charge is 0.101 e. The van der Waals surface area contributed by atoms with Gasteiger partial charge in [-0.05, 0) is 12.1 Å². The summed E-state index contributed by atoms with van der Waals surface area (Å²) < 4.78 is 0. The number of hydrogen-bond donors (Lipinski definition) is 2. The minimum Gasteiger partial charge on any atom is -0.394 e. The van der Waals surface area contributed by atoms with Gasteiger partial charge in [0.2, 0.25) is 0 Å². The number of pyridine rings is 1. The zero-order valence-electron chi connectivity index (χ0n) is 6.44. The maximum atomic E-state index is 8.73. The van der Waals surface area contributed by atoms with E-state index in [4.69, 9.17) is 16.1 Å². The minimum absolute atomic E-state index is 0.203. The van der Waals surface area contributed by atoms with Gasteiger partial charge >= 0.3 is 0 Å². The number of nitriles is 1. The maximum absolute atomic E-state index is 8.73. The van der Waals surface area contributed by atoms with Crippen molar-refractivity contribution < 1.29 is 5.11 Å². The van der Waals surface area contributed by atoms with Crippen LogP contribution in [0.2, 0.25) is 0 Å². The highest BCUT2D eigenvalue weighted by molar-refractivity contribution is 5.34. The molecule has 1 aromatic rings. The number of rotatable bonds is 2. The predicted octanol–water partition coefficient (Wildman–Crippen LogP) is -0.0546. The molecular weight excluding hydrogens is 154 g/mol. The molecule has 0 radical (unpaired) electrons. The number of nitrogens with two attached hydrogens (primary N) is 1. The van der Waals surface area contributed by atoms with Crippen molar-refractivity contribution in [1.82, 2.24) is 4.98 Å². The highest BCUT2D eigenvalue weighted by Gasteiger charge is 2.09. The maximum Gasteiger partial charge on any atom is 0.101 e. The van der Waals surface area contributed by atoms with Gasteiger partial charge in [0, 0.05) is 6.20 Å². The van der Waals surface area contributed by atoms with Crippen LogP contribution in [0.5, 0.6) is 0 Å². The lowest BCUT2D eigenvalue weighted by Crippen LogP contribution is -2.17. The molecule has 0 saturated carbocycles. The number of hydrogen-bond acceptors (Lipinski definition) is 4. The zero-order valence-corrected chi connectivity index (χ0v) is 6.44. The fraction of sp³-hybridized carbons (Fsp3) is 0.250. The Hall–Kier alpha value is -1.44. The lowest BCUT2D eigenvalue weighted by Gasteiger charge is -2.07. The fourth-order valence-corrected chi connectivity index (χ4v) is 0.894. The molecule has 0 aliphatic rings. The number of aliphatic hydroxyl groups excluding tert-OH is 1. The van der Waals surface area contributed by atoms with Gasteiger partial charge in [0.05, 0.1) is 23.9 Å². The molecule has 62 valence electrons. The van der Waals surface area contributed by atoms with E-state index in [1.165, 1.54) is 0 Å². The van der Waals surface area contributed by atoms with Crippen molar-refractivity contribution >= 4 is 0 Å². The Bertz CT molecular complexity index is 305. The van der Waals surface area contributed by atoms with Gasteiger partial charge in [-0.25, -0.2) is 0 Å². The molecule has 0 fully saturated rings. The van der Waals surface area contributed by atoms with Crippen LogP contribution in [-0.4, -0.2) is 16.7 Å². The molecule has 0 bridgehead atoms. The minimum atomic E-state index is -0.569. The standard InChI is InChI=1S/C8H9N3O/c9-4-6-2-1-3-11-8(6)7(10)5-12/h1-3,7,12H,5,10H2/t7-/m0/s1. The van der Waals surface area contributed by atoms with E-state index < -0.39 is 6.04 Å². The molecular formula is C8H9N3O. The van der Waals surface area contributed by atoms with E-state index in [2.05, 4.69) is 4.98 Å². The summed E-state index contributed by atoms with van der Waals surface area (Å²) in [7, 11) is 0. The summed E-state index contributed by atoms with van der Waals surface area (Å²) in [5.41, 5.74) is 6.37. The first-order chi connectivity index (χ1) is 5.79. The zero-order chi connectivity index (χ0) is 8.97. The van der Waals surface area contributed by atoms with Crippen molar-refractivity contribution in [3.05, 3.63) is 29.6 Å². The van der Waals surface area contributed by atoms with E-state index >= 15 is 0 Å². The van der Waals surface area contributed by atoms with Crippen molar-refractivity contribution in [3.8, 4) is 6.07 Å². The van der Waals surface area contributed by atoms with Gasteiger partial charge in [-0.15, -0.1) is 0 Å². The van der Waals surface area contributed by atoms with Crippen LogP contribution in [0.1, 0.15) is 17.3 Å². The van der Waals surface area contributed by atoms with Crippen LogP contribution in [0.3, 0.4) is 0 Å². The summed E-state index contributed by atoms with van der Waals surface area (Å²) in [6, 6.07) is 4.67. The van der Waals surface area contributed by atoms with Gasteiger partial charge in [0.15, 0.2) is 0 Å². The highest BCUT2D eigenvalue weighted by atomic mass is 16.3. The van der Waals surface area contributed by atoms with Crippen LogP contribution < -0.4 is 5.73 Å². The molecule has 0 spiro atoms. The van der Waals surface area contributed by atoms with Gasteiger partial charge in [0.1, 0.15) is 6.07 Å². The van der Waals surface area contributed by atoms with E-state index in [0.717, 1.165) is 0 Å². The SMILES string of the molecule is N#Cc1cccnc1[C@@H](N)CO. The topological polar surface area (TPSA) is 82.9 Å². The van der Waals surface area contributed by atoms with E-state index in [1.807, 2.05) is 6.07 Å². The van der Waals surface area contributed by atoms with Crippen LogP contribution in [-0.2, 0) is 0 Å². The molecule has 4 nitrogen and oxygen atoms in total. The van der Waals surface area contributed by atoms with E-state index in [0.29, 0.717) is 11.3 Å². The highest BCUT2D eigenvalue weighted by Crippen LogP contribution is 2.10. The molecule has 1 heterocycles. The Labute approximate surface area is 70.3 Å². The van der Waals surface area contributed by atoms with E-state index in [9.17, 15) is 0 Å². The summed E-state index contributed by atoms with van der Waals surface area (Å²) in [5, 5.41) is 17.4. The van der Waals surface area contributed by atoms with E-state index in [-0.39, 0.29) is 6.61 Å². The third-order valence-electron chi connectivity index (χ3n) is 1.51. The van der Waals surface area contributed by atoms with Crippen LogP contribution in [0.25, 0.3) is 0 Å². The number of aliphatic hydroxyl groups is 1. The third kappa shape index (κ3) is 1.59. The molecule has 12 heavy (non-hydrogen) atoms. The molecule has 1 aromatic heterocycles.